The summed E-state index contributed by atoms with van der Waals surface area (Å²) in [6, 6.07) is 0. The summed E-state index contributed by atoms with van der Waals surface area (Å²) in [5, 5.41) is 8.55. The molecular weight excluding hydrogens is 90.1 g/mol. The van der Waals surface area contributed by atoms with Gasteiger partial charge in [0.15, 0.2) is 0 Å². The van der Waals surface area contributed by atoms with Crippen molar-refractivity contribution in [3.8, 4) is 0 Å². The Balaban J connectivity index is 3.36. The first-order chi connectivity index (χ1) is 3.12. The van der Waals surface area contributed by atoms with Gasteiger partial charge in [-0.15, -0.1) is 0 Å². The normalized spacial score (nSPS) is 12.0. The minimum Gasteiger partial charge on any atom is -0.396 e. The average molecular weight is 104 g/mol. The first-order valence-corrected chi connectivity index (χ1v) is 2.52. The van der Waals surface area contributed by atoms with Gasteiger partial charge in [0.1, 0.15) is 0 Å². The molecule has 0 aromatic heterocycles. The highest BCUT2D eigenvalue weighted by atomic mass is 16.3. The van der Waals surface area contributed by atoms with E-state index >= 15 is 0 Å². The maximum atomic E-state index is 8.55. The van der Waals surface area contributed by atoms with Crippen LogP contribution in [0.5, 0.6) is 0 Å². The fraction of sp³-hybridized carbons (Fsp3) is 1.00. The molecule has 0 atom stereocenters. The van der Waals surface area contributed by atoms with Crippen molar-refractivity contribution < 1.29 is 10.8 Å². The van der Waals surface area contributed by atoms with E-state index in [4.69, 9.17) is 5.11 Å². The third kappa shape index (κ3) is 2.60. The van der Waals surface area contributed by atoms with Crippen molar-refractivity contribution in [2.45, 2.75) is 13.8 Å². The van der Waals surface area contributed by atoms with Gasteiger partial charge in [0.25, 0.3) is 0 Å². The van der Waals surface area contributed by atoms with Gasteiger partial charge in [-0.2, -0.15) is 0 Å². The molecule has 0 saturated carbocycles. The summed E-state index contributed by atoms with van der Waals surface area (Å²) < 4.78 is 0. The molecule has 4 N–H and O–H groups in total. The molecule has 0 aliphatic carbocycles. The number of aliphatic hydroxyl groups excluding tert-OH is 1. The summed E-state index contributed by atoms with van der Waals surface area (Å²) in [5.41, 5.74) is 3.70. The molecule has 2 heteroatoms. The Hall–Kier alpha value is -0.0800. The standard InChI is InChI=1S/C5H13NO/c1-5(2,3-6)4-7/h7H,3-4,6H2,1-2H3/p+1. The van der Waals surface area contributed by atoms with Crippen molar-refractivity contribution in [1.29, 1.82) is 0 Å². The molecule has 0 bridgehead atoms. The van der Waals surface area contributed by atoms with Gasteiger partial charge < -0.3 is 10.8 Å². The second-order valence-electron chi connectivity index (χ2n) is 2.57. The van der Waals surface area contributed by atoms with Gasteiger partial charge in [0.2, 0.25) is 0 Å². The van der Waals surface area contributed by atoms with E-state index in [1.165, 1.54) is 0 Å². The highest BCUT2D eigenvalue weighted by molar-refractivity contribution is 4.62. The summed E-state index contributed by atoms with van der Waals surface area (Å²) >= 11 is 0. The zero-order valence-corrected chi connectivity index (χ0v) is 5.07. The number of aliphatic hydroxyl groups is 1. The Morgan fingerprint density at radius 1 is 1.57 bits per heavy atom. The largest absolute Gasteiger partial charge is 0.396 e. The molecule has 0 radical (unpaired) electrons. The molecule has 0 unspecified atom stereocenters. The lowest BCUT2D eigenvalue weighted by atomic mass is 9.96. The Morgan fingerprint density at radius 2 is 2.00 bits per heavy atom. The number of quaternary nitrogens is 1. The highest BCUT2D eigenvalue weighted by Gasteiger charge is 2.14. The maximum Gasteiger partial charge on any atom is 0.0813 e. The summed E-state index contributed by atoms with van der Waals surface area (Å²) in [5.74, 6) is 0. The lowest BCUT2D eigenvalue weighted by Crippen LogP contribution is -2.57. The monoisotopic (exact) mass is 104 g/mol. The van der Waals surface area contributed by atoms with Crippen LogP contribution in [0.4, 0.5) is 0 Å². The lowest BCUT2D eigenvalue weighted by Gasteiger charge is -2.14. The van der Waals surface area contributed by atoms with E-state index in [0.29, 0.717) is 0 Å². The summed E-state index contributed by atoms with van der Waals surface area (Å²) in [4.78, 5) is 0. The summed E-state index contributed by atoms with van der Waals surface area (Å²) in [6.07, 6.45) is 0. The lowest BCUT2D eigenvalue weighted by molar-refractivity contribution is -0.391. The Morgan fingerprint density at radius 3 is 2.00 bits per heavy atom. The molecule has 2 nitrogen and oxygen atoms in total. The molecule has 0 spiro atoms. The number of hydrogen-bond donors (Lipinski definition) is 2. The van der Waals surface area contributed by atoms with E-state index in [1.54, 1.807) is 0 Å². The van der Waals surface area contributed by atoms with E-state index in [-0.39, 0.29) is 12.0 Å². The molecule has 7 heavy (non-hydrogen) atoms. The number of hydrogen-bond acceptors (Lipinski definition) is 1. The molecule has 0 rings (SSSR count). The van der Waals surface area contributed by atoms with Crippen molar-refractivity contribution >= 4 is 0 Å². The second kappa shape index (κ2) is 2.28. The Kier molecular flexibility index (Phi) is 2.26. The van der Waals surface area contributed by atoms with Crippen LogP contribution in [0, 0.1) is 5.41 Å². The fourth-order valence-electron chi connectivity index (χ4n) is 0.0791. The van der Waals surface area contributed by atoms with Crippen LogP contribution < -0.4 is 5.73 Å². The van der Waals surface area contributed by atoms with Gasteiger partial charge in [-0.1, -0.05) is 13.8 Å². The number of rotatable bonds is 2. The third-order valence-corrected chi connectivity index (χ3v) is 1.10. The van der Waals surface area contributed by atoms with E-state index in [0.717, 1.165) is 6.54 Å². The van der Waals surface area contributed by atoms with Gasteiger partial charge in [0.05, 0.1) is 13.2 Å². The molecular formula is C5H14NO+. The van der Waals surface area contributed by atoms with Crippen molar-refractivity contribution in [2.24, 2.45) is 5.41 Å². The SMILES string of the molecule is CC(C)(C[NH3+])CO. The summed E-state index contributed by atoms with van der Waals surface area (Å²) in [6.45, 7) is 5.00. The molecule has 0 aromatic rings. The van der Waals surface area contributed by atoms with Crippen molar-refractivity contribution in [3.63, 3.8) is 0 Å². The van der Waals surface area contributed by atoms with E-state index in [9.17, 15) is 0 Å². The van der Waals surface area contributed by atoms with Crippen LogP contribution >= 0.6 is 0 Å². The average Bonchev–Trinajstić information content (AvgIpc) is 1.68. The molecule has 0 amide bonds. The maximum absolute atomic E-state index is 8.55. The van der Waals surface area contributed by atoms with Crippen molar-refractivity contribution in [1.82, 2.24) is 0 Å². The quantitative estimate of drug-likeness (QED) is 0.475. The molecule has 0 aliphatic rings. The van der Waals surface area contributed by atoms with Crippen LogP contribution in [0.1, 0.15) is 13.8 Å². The van der Waals surface area contributed by atoms with Crippen LogP contribution in [0.15, 0.2) is 0 Å². The minimum atomic E-state index is 0.0278. The molecule has 0 fully saturated rings. The molecule has 44 valence electrons. The zero-order valence-electron chi connectivity index (χ0n) is 5.07. The second-order valence-corrected chi connectivity index (χ2v) is 2.57. The van der Waals surface area contributed by atoms with Gasteiger partial charge in [-0.05, 0) is 0 Å². The van der Waals surface area contributed by atoms with Crippen molar-refractivity contribution in [2.75, 3.05) is 13.2 Å². The van der Waals surface area contributed by atoms with Gasteiger partial charge in [0, 0.05) is 5.41 Å². The van der Waals surface area contributed by atoms with Crippen molar-refractivity contribution in [3.05, 3.63) is 0 Å². The predicted octanol–water partition coefficient (Wildman–Crippen LogP) is -0.753. The Bertz CT molecular complexity index is 46.0. The third-order valence-electron chi connectivity index (χ3n) is 1.10. The first kappa shape index (κ1) is 6.92. The van der Waals surface area contributed by atoms with E-state index in [1.807, 2.05) is 13.8 Å². The van der Waals surface area contributed by atoms with Crippen LogP contribution in [-0.2, 0) is 0 Å². The fourth-order valence-corrected chi connectivity index (χ4v) is 0.0791. The van der Waals surface area contributed by atoms with E-state index in [2.05, 4.69) is 5.73 Å². The topological polar surface area (TPSA) is 47.9 Å². The smallest absolute Gasteiger partial charge is 0.0813 e. The van der Waals surface area contributed by atoms with E-state index < -0.39 is 0 Å². The van der Waals surface area contributed by atoms with Gasteiger partial charge >= 0.3 is 0 Å². The van der Waals surface area contributed by atoms with Crippen LogP contribution in [0.3, 0.4) is 0 Å². The van der Waals surface area contributed by atoms with Crippen LogP contribution in [0.2, 0.25) is 0 Å². The van der Waals surface area contributed by atoms with Gasteiger partial charge in [-0.3, -0.25) is 0 Å². The highest BCUT2D eigenvalue weighted by Crippen LogP contribution is 2.07. The molecule has 0 aromatic carbocycles. The molecule has 0 heterocycles. The van der Waals surface area contributed by atoms with Crippen LogP contribution in [-0.4, -0.2) is 18.3 Å². The molecule has 0 aliphatic heterocycles. The zero-order chi connectivity index (χ0) is 5.91. The molecule has 0 saturated heterocycles. The minimum absolute atomic E-state index is 0.0278. The van der Waals surface area contributed by atoms with Crippen LogP contribution in [0.25, 0.3) is 0 Å². The van der Waals surface area contributed by atoms with Gasteiger partial charge in [-0.25, -0.2) is 0 Å². The first-order valence-electron chi connectivity index (χ1n) is 2.52. The summed E-state index contributed by atoms with van der Waals surface area (Å²) in [7, 11) is 0. The Labute approximate surface area is 44.3 Å². The predicted molar refractivity (Wildman–Crippen MR) is 28.6 cm³/mol.